The summed E-state index contributed by atoms with van der Waals surface area (Å²) in [6, 6.07) is 17.1. The maximum Gasteiger partial charge on any atom is 0.255 e. The van der Waals surface area contributed by atoms with Gasteiger partial charge in [0.25, 0.3) is 5.91 Å². The van der Waals surface area contributed by atoms with Crippen molar-refractivity contribution in [2.24, 2.45) is 0 Å². The first-order valence-corrected chi connectivity index (χ1v) is 17.7. The molecule has 0 fully saturated rings. The summed E-state index contributed by atoms with van der Waals surface area (Å²) in [5.74, 6) is 0.581. The number of aryl methyl sites for hydroxylation is 1. The highest BCUT2D eigenvalue weighted by Crippen LogP contribution is 2.28. The first kappa shape index (κ1) is 35.9. The predicted octanol–water partition coefficient (Wildman–Crippen LogP) is 11.0. The molecule has 3 aromatic rings. The van der Waals surface area contributed by atoms with Gasteiger partial charge in [-0.3, -0.25) is 4.79 Å². The fourth-order valence-electron chi connectivity index (χ4n) is 5.55. The van der Waals surface area contributed by atoms with Crippen molar-refractivity contribution in [1.29, 1.82) is 0 Å². The third-order valence-corrected chi connectivity index (χ3v) is 8.80. The van der Waals surface area contributed by atoms with Gasteiger partial charge >= 0.3 is 0 Å². The number of hydrogen-bond donors (Lipinski definition) is 0. The summed E-state index contributed by atoms with van der Waals surface area (Å²) in [6.07, 6.45) is 22.8. The minimum absolute atomic E-state index is 0.114. The molecule has 0 aliphatic carbocycles. The molecule has 3 rings (SSSR count). The fourth-order valence-corrected chi connectivity index (χ4v) is 6.02. The number of aromatic nitrogens is 1. The van der Waals surface area contributed by atoms with Crippen molar-refractivity contribution in [3.63, 3.8) is 0 Å². The second-order valence-corrected chi connectivity index (χ2v) is 12.7. The SMILES string of the molecule is CCCCCCCCCCCCCCCCOc1ccc(CN(Cc2ccc[n+](CC)c2)C(=O)c2ccccc2Cl)cc1Cl. The Kier molecular flexibility index (Phi) is 17.3. The topological polar surface area (TPSA) is 33.4 Å². The Morgan fingerprint density at radius 2 is 1.32 bits per heavy atom. The van der Waals surface area contributed by atoms with E-state index in [0.717, 1.165) is 24.1 Å². The van der Waals surface area contributed by atoms with Crippen molar-refractivity contribution in [1.82, 2.24) is 4.90 Å². The normalized spacial score (nSPS) is 11.1. The van der Waals surface area contributed by atoms with Gasteiger partial charge in [-0.05, 0) is 49.2 Å². The van der Waals surface area contributed by atoms with Crippen LogP contribution in [0.4, 0.5) is 0 Å². The van der Waals surface area contributed by atoms with E-state index in [1.165, 1.54) is 83.5 Å². The number of hydrogen-bond acceptors (Lipinski definition) is 2. The average molecular weight is 641 g/mol. The first-order chi connectivity index (χ1) is 21.5. The van der Waals surface area contributed by atoms with Crippen LogP contribution in [0, 0.1) is 0 Å². The molecule has 1 amide bonds. The van der Waals surface area contributed by atoms with Gasteiger partial charge in [0.05, 0.1) is 28.8 Å². The summed E-state index contributed by atoms with van der Waals surface area (Å²) < 4.78 is 8.13. The number of pyridine rings is 1. The van der Waals surface area contributed by atoms with E-state index in [2.05, 4.69) is 24.6 Å². The lowest BCUT2D eigenvalue weighted by molar-refractivity contribution is -0.694. The highest BCUT2D eigenvalue weighted by molar-refractivity contribution is 6.33. The quantitative estimate of drug-likeness (QED) is 0.0809. The van der Waals surface area contributed by atoms with E-state index in [1.807, 2.05) is 53.6 Å². The Hall–Kier alpha value is -2.56. The predicted molar refractivity (Wildman–Crippen MR) is 185 cm³/mol. The van der Waals surface area contributed by atoms with E-state index < -0.39 is 0 Å². The third kappa shape index (κ3) is 13.2. The summed E-state index contributed by atoms with van der Waals surface area (Å²) >= 11 is 13.1. The second-order valence-electron chi connectivity index (χ2n) is 11.9. The third-order valence-electron chi connectivity index (χ3n) is 8.17. The molecule has 0 N–H and O–H groups in total. The molecule has 0 radical (unpaired) electrons. The highest BCUT2D eigenvalue weighted by atomic mass is 35.5. The van der Waals surface area contributed by atoms with E-state index in [4.69, 9.17) is 27.9 Å². The van der Waals surface area contributed by atoms with Gasteiger partial charge in [-0.25, -0.2) is 4.57 Å². The number of carbonyl (C=O) groups excluding carboxylic acids is 1. The molecule has 0 saturated heterocycles. The zero-order chi connectivity index (χ0) is 31.4. The smallest absolute Gasteiger partial charge is 0.255 e. The molecular weight excluding hydrogens is 587 g/mol. The highest BCUT2D eigenvalue weighted by Gasteiger charge is 2.20. The van der Waals surface area contributed by atoms with Crippen molar-refractivity contribution < 1.29 is 14.1 Å². The number of unbranched alkanes of at least 4 members (excludes halogenated alkanes) is 13. The van der Waals surface area contributed by atoms with Crippen LogP contribution in [0.25, 0.3) is 0 Å². The maximum atomic E-state index is 13.6. The summed E-state index contributed by atoms with van der Waals surface area (Å²) in [5, 5.41) is 1.02. The number of nitrogens with zero attached hydrogens (tertiary/aromatic N) is 2. The van der Waals surface area contributed by atoms with E-state index in [0.29, 0.717) is 41.1 Å². The molecule has 0 spiro atoms. The van der Waals surface area contributed by atoms with Gasteiger partial charge in [-0.15, -0.1) is 0 Å². The number of carbonyl (C=O) groups is 1. The molecule has 4 nitrogen and oxygen atoms in total. The number of ether oxygens (including phenoxy) is 1. The minimum atomic E-state index is -0.114. The van der Waals surface area contributed by atoms with Crippen LogP contribution in [0.15, 0.2) is 67.0 Å². The molecule has 1 heterocycles. The van der Waals surface area contributed by atoms with Gasteiger partial charge in [-0.2, -0.15) is 0 Å². The van der Waals surface area contributed by atoms with Crippen molar-refractivity contribution in [2.75, 3.05) is 6.61 Å². The minimum Gasteiger partial charge on any atom is -0.492 e. The molecule has 6 heteroatoms. The zero-order valence-corrected chi connectivity index (χ0v) is 28.6. The van der Waals surface area contributed by atoms with Crippen LogP contribution in [-0.4, -0.2) is 17.4 Å². The van der Waals surface area contributed by atoms with Gasteiger partial charge in [-0.1, -0.05) is 132 Å². The van der Waals surface area contributed by atoms with Crippen LogP contribution < -0.4 is 9.30 Å². The lowest BCUT2D eigenvalue weighted by Crippen LogP contribution is -2.34. The largest absolute Gasteiger partial charge is 0.492 e. The van der Waals surface area contributed by atoms with Crippen LogP contribution in [-0.2, 0) is 19.6 Å². The maximum absolute atomic E-state index is 13.6. The van der Waals surface area contributed by atoms with Gasteiger partial charge in [0.1, 0.15) is 12.3 Å². The van der Waals surface area contributed by atoms with E-state index in [9.17, 15) is 4.79 Å². The van der Waals surface area contributed by atoms with Crippen LogP contribution in [0.1, 0.15) is 125 Å². The van der Waals surface area contributed by atoms with Crippen LogP contribution in [0.5, 0.6) is 5.75 Å². The Balaban J connectivity index is 1.42. The van der Waals surface area contributed by atoms with Gasteiger partial charge in [0.15, 0.2) is 12.4 Å². The average Bonchev–Trinajstić information content (AvgIpc) is 3.03. The number of amides is 1. The number of halogens is 2. The van der Waals surface area contributed by atoms with Crippen molar-refractivity contribution >= 4 is 29.1 Å². The second kappa shape index (κ2) is 21.2. The number of benzene rings is 2. The lowest BCUT2D eigenvalue weighted by atomic mass is 10.0. The van der Waals surface area contributed by atoms with Crippen LogP contribution >= 0.6 is 23.2 Å². The molecule has 44 heavy (non-hydrogen) atoms. The van der Waals surface area contributed by atoms with E-state index >= 15 is 0 Å². The lowest BCUT2D eigenvalue weighted by Gasteiger charge is -2.23. The van der Waals surface area contributed by atoms with Gasteiger partial charge < -0.3 is 9.64 Å². The molecular formula is C38H53Cl2N2O2+. The van der Waals surface area contributed by atoms with Crippen LogP contribution in [0.2, 0.25) is 10.0 Å². The van der Waals surface area contributed by atoms with E-state index in [-0.39, 0.29) is 5.91 Å². The Morgan fingerprint density at radius 3 is 1.93 bits per heavy atom. The molecule has 0 atom stereocenters. The molecule has 240 valence electrons. The molecule has 0 bridgehead atoms. The Morgan fingerprint density at radius 1 is 0.705 bits per heavy atom. The molecule has 0 saturated carbocycles. The summed E-state index contributed by atoms with van der Waals surface area (Å²) in [4.78, 5) is 15.4. The van der Waals surface area contributed by atoms with Crippen molar-refractivity contribution in [3.8, 4) is 5.75 Å². The van der Waals surface area contributed by atoms with Crippen molar-refractivity contribution in [2.45, 2.75) is 123 Å². The molecule has 1 aromatic heterocycles. The molecule has 0 unspecified atom stereocenters. The monoisotopic (exact) mass is 639 g/mol. The van der Waals surface area contributed by atoms with Crippen LogP contribution in [0.3, 0.4) is 0 Å². The summed E-state index contributed by atoms with van der Waals surface area (Å²) in [7, 11) is 0. The molecule has 0 aliphatic rings. The van der Waals surface area contributed by atoms with Gasteiger partial charge in [0.2, 0.25) is 0 Å². The van der Waals surface area contributed by atoms with Gasteiger partial charge in [0, 0.05) is 18.2 Å². The zero-order valence-electron chi connectivity index (χ0n) is 27.0. The first-order valence-electron chi connectivity index (χ1n) is 16.9. The molecule has 2 aromatic carbocycles. The molecule has 0 aliphatic heterocycles. The number of rotatable bonds is 22. The van der Waals surface area contributed by atoms with E-state index in [1.54, 1.807) is 12.1 Å². The summed E-state index contributed by atoms with van der Waals surface area (Å²) in [6.45, 7) is 6.77. The Labute approximate surface area is 276 Å². The summed E-state index contributed by atoms with van der Waals surface area (Å²) in [5.41, 5.74) is 2.49. The standard InChI is InChI=1S/C38H53Cl2N2O2/c1-3-5-6-7-8-9-10-11-12-13-14-15-16-19-27-44-37-25-24-32(28-36(37)40)30-42(31-33-21-20-26-41(4-2)29-33)38(43)34-22-17-18-23-35(34)39/h17-18,20-26,28-29H,3-16,19,27,30-31H2,1-2H3/q+1. The van der Waals surface area contributed by atoms with Crippen molar-refractivity contribution in [3.05, 3.63) is 93.7 Å². The fraction of sp³-hybridized carbons (Fsp3) is 0.526. The Bertz CT molecular complexity index is 1250.